The minimum atomic E-state index is 0.235. The van der Waals surface area contributed by atoms with Gasteiger partial charge in [-0.15, -0.1) is 0 Å². The third kappa shape index (κ3) is 1.76. The van der Waals surface area contributed by atoms with Gasteiger partial charge in [0.2, 0.25) is 5.96 Å². The van der Waals surface area contributed by atoms with Gasteiger partial charge in [0, 0.05) is 12.6 Å². The molecule has 0 aromatic heterocycles. The molecule has 3 aliphatic heterocycles. The number of hydrogen-bond acceptors (Lipinski definition) is 3. The van der Waals surface area contributed by atoms with Crippen LogP contribution in [0, 0.1) is 11.3 Å². The van der Waals surface area contributed by atoms with E-state index in [9.17, 15) is 0 Å². The molecule has 5 heteroatoms. The molecule has 3 heterocycles. The average Bonchev–Trinajstić information content (AvgIpc) is 2.19. The molecular formula is C8H17N5. The molecule has 0 unspecified atom stereocenters. The maximum absolute atomic E-state index is 7.39. The van der Waals surface area contributed by atoms with Gasteiger partial charge in [0.25, 0.3) is 0 Å². The first-order chi connectivity index (χ1) is 6.29. The SMILES string of the molecule is N=C(NN)N[C@H]1CN2CCC1CC2. The number of rotatable bonds is 1. The Balaban J connectivity index is 1.90. The van der Waals surface area contributed by atoms with Gasteiger partial charge in [-0.05, 0) is 31.8 Å². The zero-order valence-electron chi connectivity index (χ0n) is 7.71. The fourth-order valence-electron chi connectivity index (χ4n) is 2.36. The molecule has 3 rings (SSSR count). The molecule has 0 amide bonds. The molecule has 0 saturated carbocycles. The van der Waals surface area contributed by atoms with Crippen molar-refractivity contribution < 1.29 is 0 Å². The normalized spacial score (nSPS) is 37.2. The van der Waals surface area contributed by atoms with Crippen molar-refractivity contribution in [3.8, 4) is 0 Å². The van der Waals surface area contributed by atoms with E-state index in [-0.39, 0.29) is 5.96 Å². The largest absolute Gasteiger partial charge is 0.351 e. The number of nitrogens with one attached hydrogen (secondary N) is 3. The first-order valence-corrected chi connectivity index (χ1v) is 4.83. The number of hydrogen-bond donors (Lipinski definition) is 4. The van der Waals surface area contributed by atoms with Crippen LogP contribution in [0.3, 0.4) is 0 Å². The summed E-state index contributed by atoms with van der Waals surface area (Å²) in [6.07, 6.45) is 2.52. The maximum Gasteiger partial charge on any atom is 0.203 e. The molecule has 2 bridgehead atoms. The van der Waals surface area contributed by atoms with Crippen molar-refractivity contribution in [2.75, 3.05) is 19.6 Å². The van der Waals surface area contributed by atoms with E-state index in [4.69, 9.17) is 11.3 Å². The molecular weight excluding hydrogens is 166 g/mol. The molecule has 3 saturated heterocycles. The van der Waals surface area contributed by atoms with E-state index in [1.54, 1.807) is 0 Å². The monoisotopic (exact) mass is 183 g/mol. The van der Waals surface area contributed by atoms with E-state index in [0.717, 1.165) is 12.5 Å². The van der Waals surface area contributed by atoms with Crippen LogP contribution < -0.4 is 16.6 Å². The van der Waals surface area contributed by atoms with Crippen LogP contribution in [0.2, 0.25) is 0 Å². The van der Waals surface area contributed by atoms with E-state index >= 15 is 0 Å². The van der Waals surface area contributed by atoms with Gasteiger partial charge in [-0.2, -0.15) is 0 Å². The Morgan fingerprint density at radius 1 is 1.38 bits per heavy atom. The lowest BCUT2D eigenvalue weighted by atomic mass is 9.84. The summed E-state index contributed by atoms with van der Waals surface area (Å²) in [5.41, 5.74) is 2.33. The molecule has 74 valence electrons. The molecule has 0 spiro atoms. The first kappa shape index (κ1) is 8.77. The number of piperidine rings is 3. The molecule has 0 aliphatic carbocycles. The fourth-order valence-corrected chi connectivity index (χ4v) is 2.36. The second-order valence-electron chi connectivity index (χ2n) is 3.91. The standard InChI is InChI=1S/C8H17N5/c9-8(12-10)11-7-5-13-3-1-6(7)2-4-13/h6-7H,1-5,10H2,(H3,9,11,12)/t7-/m0/s1. The summed E-state index contributed by atoms with van der Waals surface area (Å²) in [4.78, 5) is 2.45. The molecule has 13 heavy (non-hydrogen) atoms. The third-order valence-corrected chi connectivity index (χ3v) is 3.13. The summed E-state index contributed by atoms with van der Waals surface area (Å²) in [5.74, 6) is 6.11. The van der Waals surface area contributed by atoms with Crippen molar-refractivity contribution in [3.63, 3.8) is 0 Å². The van der Waals surface area contributed by atoms with Crippen molar-refractivity contribution in [1.82, 2.24) is 15.6 Å². The highest BCUT2D eigenvalue weighted by Gasteiger charge is 2.34. The summed E-state index contributed by atoms with van der Waals surface area (Å²) in [6.45, 7) is 3.52. The number of fused-ring (bicyclic) bond motifs is 3. The summed E-state index contributed by atoms with van der Waals surface area (Å²) in [7, 11) is 0. The fraction of sp³-hybridized carbons (Fsp3) is 0.875. The molecule has 0 aromatic carbocycles. The zero-order valence-corrected chi connectivity index (χ0v) is 7.71. The van der Waals surface area contributed by atoms with Crippen LogP contribution in [0.5, 0.6) is 0 Å². The Hall–Kier alpha value is -0.810. The van der Waals surface area contributed by atoms with E-state index in [1.165, 1.54) is 25.9 Å². The highest BCUT2D eigenvalue weighted by molar-refractivity contribution is 5.76. The Labute approximate surface area is 78.1 Å². The van der Waals surface area contributed by atoms with Crippen LogP contribution in [0.15, 0.2) is 0 Å². The minimum absolute atomic E-state index is 0.235. The van der Waals surface area contributed by atoms with Crippen LogP contribution >= 0.6 is 0 Å². The Morgan fingerprint density at radius 2 is 2.08 bits per heavy atom. The van der Waals surface area contributed by atoms with E-state index < -0.39 is 0 Å². The predicted octanol–water partition coefficient (Wildman–Crippen LogP) is -0.932. The topological polar surface area (TPSA) is 77.2 Å². The number of nitrogens with zero attached hydrogens (tertiary/aromatic N) is 1. The van der Waals surface area contributed by atoms with Crippen LogP contribution in [0.4, 0.5) is 0 Å². The van der Waals surface area contributed by atoms with Gasteiger partial charge in [-0.25, -0.2) is 5.84 Å². The van der Waals surface area contributed by atoms with Gasteiger partial charge in [-0.3, -0.25) is 10.8 Å². The van der Waals surface area contributed by atoms with Gasteiger partial charge in [0.05, 0.1) is 0 Å². The molecule has 0 aromatic rings. The lowest BCUT2D eigenvalue weighted by Crippen LogP contribution is -2.59. The second-order valence-corrected chi connectivity index (χ2v) is 3.91. The Kier molecular flexibility index (Phi) is 2.37. The Morgan fingerprint density at radius 3 is 2.54 bits per heavy atom. The van der Waals surface area contributed by atoms with E-state index in [2.05, 4.69) is 15.6 Å². The minimum Gasteiger partial charge on any atom is -0.351 e. The highest BCUT2D eigenvalue weighted by atomic mass is 15.3. The summed E-state index contributed by atoms with van der Waals surface area (Å²) < 4.78 is 0. The van der Waals surface area contributed by atoms with Crippen LogP contribution in [0.1, 0.15) is 12.8 Å². The van der Waals surface area contributed by atoms with Gasteiger partial charge in [-0.1, -0.05) is 0 Å². The van der Waals surface area contributed by atoms with Gasteiger partial charge < -0.3 is 10.2 Å². The lowest BCUT2D eigenvalue weighted by Gasteiger charge is -2.45. The highest BCUT2D eigenvalue weighted by Crippen LogP contribution is 2.27. The molecule has 3 fully saturated rings. The van der Waals surface area contributed by atoms with Crippen LogP contribution in [0.25, 0.3) is 0 Å². The first-order valence-electron chi connectivity index (χ1n) is 4.83. The van der Waals surface area contributed by atoms with Gasteiger partial charge in [0.15, 0.2) is 0 Å². The van der Waals surface area contributed by atoms with Crippen molar-refractivity contribution in [2.45, 2.75) is 18.9 Å². The quantitative estimate of drug-likeness (QED) is 0.183. The van der Waals surface area contributed by atoms with Gasteiger partial charge in [0.1, 0.15) is 0 Å². The van der Waals surface area contributed by atoms with Gasteiger partial charge >= 0.3 is 0 Å². The smallest absolute Gasteiger partial charge is 0.203 e. The van der Waals surface area contributed by atoms with E-state index in [1.807, 2.05) is 0 Å². The Bertz CT molecular complexity index is 197. The second kappa shape index (κ2) is 3.51. The molecule has 3 aliphatic rings. The molecule has 1 atom stereocenters. The molecule has 5 N–H and O–H groups in total. The van der Waals surface area contributed by atoms with Crippen molar-refractivity contribution in [3.05, 3.63) is 0 Å². The number of nitrogens with two attached hydrogens (primary N) is 1. The average molecular weight is 183 g/mol. The zero-order chi connectivity index (χ0) is 9.26. The summed E-state index contributed by atoms with van der Waals surface area (Å²) >= 11 is 0. The van der Waals surface area contributed by atoms with Crippen molar-refractivity contribution >= 4 is 5.96 Å². The lowest BCUT2D eigenvalue weighted by molar-refractivity contribution is 0.0807. The third-order valence-electron chi connectivity index (χ3n) is 3.13. The van der Waals surface area contributed by atoms with E-state index in [0.29, 0.717) is 6.04 Å². The molecule has 5 nitrogen and oxygen atoms in total. The van der Waals surface area contributed by atoms with Crippen LogP contribution in [-0.4, -0.2) is 36.5 Å². The maximum atomic E-state index is 7.39. The van der Waals surface area contributed by atoms with Crippen molar-refractivity contribution in [1.29, 1.82) is 5.41 Å². The number of hydrazine groups is 1. The molecule has 0 radical (unpaired) electrons. The number of guanidine groups is 1. The summed E-state index contributed by atoms with van der Waals surface area (Å²) in [5, 5.41) is 10.5. The summed E-state index contributed by atoms with van der Waals surface area (Å²) in [6, 6.07) is 0.422. The van der Waals surface area contributed by atoms with Crippen LogP contribution in [-0.2, 0) is 0 Å². The predicted molar refractivity (Wildman–Crippen MR) is 51.1 cm³/mol. The van der Waals surface area contributed by atoms with Crippen molar-refractivity contribution in [2.24, 2.45) is 11.8 Å².